The molecule has 0 radical (unpaired) electrons. The maximum atomic E-state index is 12.1. The van der Waals surface area contributed by atoms with Gasteiger partial charge in [-0.1, -0.05) is 18.6 Å². The molecule has 1 unspecified atom stereocenters. The van der Waals surface area contributed by atoms with E-state index in [1.54, 1.807) is 19.2 Å². The minimum atomic E-state index is -0.157. The first-order valence-electron chi connectivity index (χ1n) is 6.18. The SMILES string of the molecule is CCC(CCO)NC(=O)c1cc(C)ccc1OC. The van der Waals surface area contributed by atoms with Gasteiger partial charge in [-0.3, -0.25) is 4.79 Å². The number of hydrogen-bond acceptors (Lipinski definition) is 3. The van der Waals surface area contributed by atoms with Gasteiger partial charge in [0.1, 0.15) is 5.75 Å². The standard InChI is InChI=1S/C14H21NO3/c1-4-11(7-8-16)15-14(17)12-9-10(2)5-6-13(12)18-3/h5-6,9,11,16H,4,7-8H2,1-3H3,(H,15,17). The van der Waals surface area contributed by atoms with E-state index in [0.717, 1.165) is 12.0 Å². The van der Waals surface area contributed by atoms with E-state index in [-0.39, 0.29) is 18.6 Å². The van der Waals surface area contributed by atoms with E-state index >= 15 is 0 Å². The Morgan fingerprint density at radius 2 is 2.22 bits per heavy atom. The van der Waals surface area contributed by atoms with Crippen LogP contribution in [0.1, 0.15) is 35.7 Å². The fourth-order valence-corrected chi connectivity index (χ4v) is 1.80. The van der Waals surface area contributed by atoms with Crippen LogP contribution in [0.3, 0.4) is 0 Å². The Hall–Kier alpha value is -1.55. The quantitative estimate of drug-likeness (QED) is 0.811. The number of amides is 1. The second kappa shape index (κ2) is 7.01. The number of nitrogens with one attached hydrogen (secondary N) is 1. The van der Waals surface area contributed by atoms with Crippen LogP contribution in [0.5, 0.6) is 5.75 Å². The van der Waals surface area contributed by atoms with Crippen LogP contribution in [-0.4, -0.2) is 30.8 Å². The average Bonchev–Trinajstić information content (AvgIpc) is 2.38. The zero-order chi connectivity index (χ0) is 13.5. The van der Waals surface area contributed by atoms with E-state index in [1.165, 1.54) is 0 Å². The minimum absolute atomic E-state index is 0.00674. The molecule has 0 saturated heterocycles. The summed E-state index contributed by atoms with van der Waals surface area (Å²) in [5, 5.41) is 11.8. The van der Waals surface area contributed by atoms with Gasteiger partial charge in [0.2, 0.25) is 0 Å². The molecule has 4 nitrogen and oxygen atoms in total. The van der Waals surface area contributed by atoms with Crippen LogP contribution in [0.2, 0.25) is 0 Å². The number of carbonyl (C=O) groups excluding carboxylic acids is 1. The Kier molecular flexibility index (Phi) is 5.65. The lowest BCUT2D eigenvalue weighted by molar-refractivity contribution is 0.0926. The summed E-state index contributed by atoms with van der Waals surface area (Å²) in [6.07, 6.45) is 1.36. The molecular formula is C14H21NO3. The predicted molar refractivity (Wildman–Crippen MR) is 71.0 cm³/mol. The fraction of sp³-hybridized carbons (Fsp3) is 0.500. The predicted octanol–water partition coefficient (Wildman–Crippen LogP) is 1.89. The van der Waals surface area contributed by atoms with Gasteiger partial charge in [0.15, 0.2) is 0 Å². The number of carbonyl (C=O) groups is 1. The summed E-state index contributed by atoms with van der Waals surface area (Å²) >= 11 is 0. The molecule has 1 amide bonds. The number of methoxy groups -OCH3 is 1. The van der Waals surface area contributed by atoms with Crippen LogP contribution in [0, 0.1) is 6.92 Å². The molecule has 0 aliphatic carbocycles. The monoisotopic (exact) mass is 251 g/mol. The zero-order valence-corrected chi connectivity index (χ0v) is 11.2. The van der Waals surface area contributed by atoms with E-state index in [9.17, 15) is 4.79 Å². The highest BCUT2D eigenvalue weighted by Crippen LogP contribution is 2.19. The summed E-state index contributed by atoms with van der Waals surface area (Å²) in [6, 6.07) is 5.49. The summed E-state index contributed by atoms with van der Waals surface area (Å²) in [5.41, 5.74) is 1.55. The van der Waals surface area contributed by atoms with Crippen LogP contribution in [0.15, 0.2) is 18.2 Å². The van der Waals surface area contributed by atoms with E-state index < -0.39 is 0 Å². The van der Waals surface area contributed by atoms with Crippen molar-refractivity contribution in [3.8, 4) is 5.75 Å². The Morgan fingerprint density at radius 1 is 1.50 bits per heavy atom. The van der Waals surface area contributed by atoms with Crippen molar-refractivity contribution >= 4 is 5.91 Å². The molecule has 0 spiro atoms. The second-order valence-electron chi connectivity index (χ2n) is 4.29. The third-order valence-corrected chi connectivity index (χ3v) is 2.91. The molecule has 0 heterocycles. The molecule has 1 atom stereocenters. The van der Waals surface area contributed by atoms with Crippen LogP contribution in [0.4, 0.5) is 0 Å². The summed E-state index contributed by atoms with van der Waals surface area (Å²) in [7, 11) is 1.55. The van der Waals surface area contributed by atoms with Crippen molar-refractivity contribution < 1.29 is 14.6 Å². The topological polar surface area (TPSA) is 58.6 Å². The van der Waals surface area contributed by atoms with E-state index in [0.29, 0.717) is 17.7 Å². The maximum Gasteiger partial charge on any atom is 0.255 e. The van der Waals surface area contributed by atoms with Crippen molar-refractivity contribution in [2.45, 2.75) is 32.7 Å². The highest BCUT2D eigenvalue weighted by molar-refractivity contribution is 5.97. The Bertz CT molecular complexity index is 404. The van der Waals surface area contributed by atoms with Gasteiger partial charge < -0.3 is 15.2 Å². The molecule has 2 N–H and O–H groups in total. The van der Waals surface area contributed by atoms with Gasteiger partial charge in [0.25, 0.3) is 5.91 Å². The first-order valence-corrected chi connectivity index (χ1v) is 6.18. The molecule has 4 heteroatoms. The summed E-state index contributed by atoms with van der Waals surface area (Å²) in [4.78, 5) is 12.1. The van der Waals surface area contributed by atoms with Crippen LogP contribution in [-0.2, 0) is 0 Å². The third-order valence-electron chi connectivity index (χ3n) is 2.91. The van der Waals surface area contributed by atoms with Crippen molar-refractivity contribution in [2.24, 2.45) is 0 Å². The van der Waals surface area contributed by atoms with Crippen molar-refractivity contribution in [3.63, 3.8) is 0 Å². The van der Waals surface area contributed by atoms with Crippen LogP contribution in [0.25, 0.3) is 0 Å². The van der Waals surface area contributed by atoms with Crippen LogP contribution < -0.4 is 10.1 Å². The Balaban J connectivity index is 2.85. The smallest absolute Gasteiger partial charge is 0.255 e. The van der Waals surface area contributed by atoms with Gasteiger partial charge in [-0.05, 0) is 31.9 Å². The van der Waals surface area contributed by atoms with Crippen molar-refractivity contribution in [1.29, 1.82) is 0 Å². The van der Waals surface area contributed by atoms with Gasteiger partial charge in [0.05, 0.1) is 12.7 Å². The third kappa shape index (κ3) is 3.74. The molecule has 0 fully saturated rings. The van der Waals surface area contributed by atoms with Crippen molar-refractivity contribution in [3.05, 3.63) is 29.3 Å². The average molecular weight is 251 g/mol. The molecule has 0 aliphatic rings. The first-order chi connectivity index (χ1) is 8.62. The van der Waals surface area contributed by atoms with Gasteiger partial charge in [0, 0.05) is 12.6 Å². The van der Waals surface area contributed by atoms with Crippen molar-refractivity contribution in [1.82, 2.24) is 5.32 Å². The summed E-state index contributed by atoms with van der Waals surface area (Å²) in [5.74, 6) is 0.410. The van der Waals surface area contributed by atoms with Crippen LogP contribution >= 0.6 is 0 Å². The highest BCUT2D eigenvalue weighted by Gasteiger charge is 2.15. The normalized spacial score (nSPS) is 12.0. The molecule has 1 aromatic rings. The molecule has 0 aromatic heterocycles. The Labute approximate surface area is 108 Å². The molecule has 0 saturated carbocycles. The number of aliphatic hydroxyl groups is 1. The van der Waals surface area contributed by atoms with Gasteiger partial charge >= 0.3 is 0 Å². The fourth-order valence-electron chi connectivity index (χ4n) is 1.80. The summed E-state index contributed by atoms with van der Waals surface area (Å²) in [6.45, 7) is 3.99. The number of benzene rings is 1. The van der Waals surface area contributed by atoms with E-state index in [1.807, 2.05) is 19.9 Å². The first kappa shape index (κ1) is 14.5. The molecule has 1 aromatic carbocycles. The van der Waals surface area contributed by atoms with Crippen molar-refractivity contribution in [2.75, 3.05) is 13.7 Å². The largest absolute Gasteiger partial charge is 0.496 e. The molecule has 1 rings (SSSR count). The molecule has 0 aliphatic heterocycles. The lowest BCUT2D eigenvalue weighted by Crippen LogP contribution is -2.35. The van der Waals surface area contributed by atoms with Gasteiger partial charge in [-0.2, -0.15) is 0 Å². The number of hydrogen-bond donors (Lipinski definition) is 2. The molecule has 0 bridgehead atoms. The lowest BCUT2D eigenvalue weighted by atomic mass is 10.1. The zero-order valence-electron chi connectivity index (χ0n) is 11.2. The van der Waals surface area contributed by atoms with E-state index in [2.05, 4.69) is 5.32 Å². The lowest BCUT2D eigenvalue weighted by Gasteiger charge is -2.17. The number of ether oxygens (including phenoxy) is 1. The summed E-state index contributed by atoms with van der Waals surface area (Å²) < 4.78 is 5.19. The second-order valence-corrected chi connectivity index (χ2v) is 4.29. The number of aliphatic hydroxyl groups excluding tert-OH is 1. The minimum Gasteiger partial charge on any atom is -0.496 e. The maximum absolute atomic E-state index is 12.1. The molecular weight excluding hydrogens is 230 g/mol. The van der Waals surface area contributed by atoms with Gasteiger partial charge in [-0.25, -0.2) is 0 Å². The molecule has 18 heavy (non-hydrogen) atoms. The number of rotatable bonds is 6. The van der Waals surface area contributed by atoms with Gasteiger partial charge in [-0.15, -0.1) is 0 Å². The number of aryl methyl sites for hydroxylation is 1. The highest BCUT2D eigenvalue weighted by atomic mass is 16.5. The Morgan fingerprint density at radius 3 is 2.78 bits per heavy atom. The molecule has 100 valence electrons. The van der Waals surface area contributed by atoms with E-state index in [4.69, 9.17) is 9.84 Å².